The van der Waals surface area contributed by atoms with Crippen molar-refractivity contribution in [1.82, 2.24) is 4.98 Å². The Kier molecular flexibility index (Phi) is 3.72. The fourth-order valence-corrected chi connectivity index (χ4v) is 1.96. The fourth-order valence-electron chi connectivity index (χ4n) is 1.96. The molecule has 2 aromatic carbocycles. The number of hydrazone groups is 1. The second-order valence-electron chi connectivity index (χ2n) is 4.67. The van der Waals surface area contributed by atoms with Crippen molar-refractivity contribution in [2.24, 2.45) is 10.8 Å². The molecule has 1 heterocycles. The molecule has 7 heteroatoms. The molecule has 0 saturated heterocycles. The number of rotatable bonds is 4. The van der Waals surface area contributed by atoms with E-state index in [1.165, 1.54) is 0 Å². The number of nitrogens with one attached hydrogen (secondary N) is 2. The lowest BCUT2D eigenvalue weighted by atomic mass is 10.2. The smallest absolute Gasteiger partial charge is 0.227 e. The third-order valence-corrected chi connectivity index (χ3v) is 3.07. The topological polar surface area (TPSA) is 124 Å². The minimum Gasteiger partial charge on any atom is -0.436 e. The van der Waals surface area contributed by atoms with Crippen molar-refractivity contribution < 1.29 is 4.42 Å². The van der Waals surface area contributed by atoms with Crippen LogP contribution in [0.25, 0.3) is 22.6 Å². The molecule has 112 valence electrons. The minimum absolute atomic E-state index is 0.187. The van der Waals surface area contributed by atoms with E-state index in [-0.39, 0.29) is 5.71 Å². The summed E-state index contributed by atoms with van der Waals surface area (Å²) < 4.78 is 5.74. The maximum absolute atomic E-state index is 8.81. The number of hydrogen-bond donors (Lipinski definition) is 3. The van der Waals surface area contributed by atoms with E-state index in [1.807, 2.05) is 30.3 Å². The molecule has 0 aliphatic carbocycles. The highest BCUT2D eigenvalue weighted by Crippen LogP contribution is 2.26. The SMILES string of the molecule is N#C/C(=N\Nc1ccc2nc(-c3ccccc3)oc2c1)C(=N)N. The van der Waals surface area contributed by atoms with Gasteiger partial charge in [-0.3, -0.25) is 10.8 Å². The van der Waals surface area contributed by atoms with Crippen LogP contribution >= 0.6 is 0 Å². The van der Waals surface area contributed by atoms with Gasteiger partial charge in [0.15, 0.2) is 11.4 Å². The second-order valence-corrected chi connectivity index (χ2v) is 4.67. The average Bonchev–Trinajstić information content (AvgIpc) is 2.99. The Morgan fingerprint density at radius 3 is 2.74 bits per heavy atom. The van der Waals surface area contributed by atoms with E-state index < -0.39 is 5.84 Å². The Bertz CT molecular complexity index is 936. The molecule has 4 N–H and O–H groups in total. The lowest BCUT2D eigenvalue weighted by molar-refractivity contribution is 0.620. The quantitative estimate of drug-likeness (QED) is 0.388. The van der Waals surface area contributed by atoms with E-state index >= 15 is 0 Å². The fraction of sp³-hybridized carbons (Fsp3) is 0. The Hall–Kier alpha value is -3.66. The molecule has 0 saturated carbocycles. The number of hydrogen-bond acceptors (Lipinski definition) is 6. The first kappa shape index (κ1) is 14.3. The summed E-state index contributed by atoms with van der Waals surface area (Å²) in [6, 6.07) is 16.6. The highest BCUT2D eigenvalue weighted by atomic mass is 16.3. The molecular formula is C16H12N6O. The van der Waals surface area contributed by atoms with Gasteiger partial charge in [0.05, 0.1) is 5.69 Å². The Labute approximate surface area is 131 Å². The van der Waals surface area contributed by atoms with E-state index in [4.69, 9.17) is 20.8 Å². The number of anilines is 1. The summed E-state index contributed by atoms with van der Waals surface area (Å²) in [5, 5.41) is 19.8. The summed E-state index contributed by atoms with van der Waals surface area (Å²) in [6.07, 6.45) is 0. The van der Waals surface area contributed by atoms with Gasteiger partial charge in [-0.05, 0) is 24.3 Å². The predicted molar refractivity (Wildman–Crippen MR) is 88.0 cm³/mol. The van der Waals surface area contributed by atoms with E-state index in [0.717, 1.165) is 5.56 Å². The van der Waals surface area contributed by atoms with Crippen molar-refractivity contribution >= 4 is 28.3 Å². The van der Waals surface area contributed by atoms with Crippen LogP contribution < -0.4 is 11.2 Å². The number of nitriles is 1. The molecule has 0 spiro atoms. The van der Waals surface area contributed by atoms with E-state index in [2.05, 4.69) is 15.5 Å². The van der Waals surface area contributed by atoms with Gasteiger partial charge >= 0.3 is 0 Å². The lowest BCUT2D eigenvalue weighted by Crippen LogP contribution is -2.21. The first-order valence-corrected chi connectivity index (χ1v) is 6.71. The molecule has 0 aliphatic rings. The van der Waals surface area contributed by atoms with Gasteiger partial charge in [0, 0.05) is 11.6 Å². The maximum atomic E-state index is 8.81. The van der Waals surface area contributed by atoms with Crippen LogP contribution in [0.5, 0.6) is 0 Å². The van der Waals surface area contributed by atoms with Crippen LogP contribution in [0.15, 0.2) is 58.0 Å². The molecule has 0 radical (unpaired) electrons. The third-order valence-electron chi connectivity index (χ3n) is 3.07. The van der Waals surface area contributed by atoms with E-state index in [1.54, 1.807) is 24.3 Å². The molecule has 3 aromatic rings. The zero-order chi connectivity index (χ0) is 16.2. The molecule has 0 atom stereocenters. The van der Waals surface area contributed by atoms with Crippen molar-refractivity contribution in [3.8, 4) is 17.5 Å². The normalized spacial score (nSPS) is 11.2. The minimum atomic E-state index is -0.396. The number of benzene rings is 2. The first-order chi connectivity index (χ1) is 11.2. The predicted octanol–water partition coefficient (Wildman–Crippen LogP) is 2.72. The monoisotopic (exact) mass is 304 g/mol. The highest BCUT2D eigenvalue weighted by Gasteiger charge is 2.08. The Balaban J connectivity index is 1.91. The first-order valence-electron chi connectivity index (χ1n) is 6.71. The number of nitrogens with zero attached hydrogens (tertiary/aromatic N) is 3. The summed E-state index contributed by atoms with van der Waals surface area (Å²) in [6.45, 7) is 0. The summed E-state index contributed by atoms with van der Waals surface area (Å²) in [4.78, 5) is 4.43. The number of fused-ring (bicyclic) bond motifs is 1. The number of nitrogens with two attached hydrogens (primary N) is 1. The molecule has 23 heavy (non-hydrogen) atoms. The number of amidine groups is 1. The number of aromatic nitrogens is 1. The molecule has 7 nitrogen and oxygen atoms in total. The summed E-state index contributed by atoms with van der Waals surface area (Å²) >= 11 is 0. The maximum Gasteiger partial charge on any atom is 0.227 e. The van der Waals surface area contributed by atoms with Gasteiger partial charge in [0.2, 0.25) is 11.6 Å². The van der Waals surface area contributed by atoms with Crippen molar-refractivity contribution in [1.29, 1.82) is 10.7 Å². The van der Waals surface area contributed by atoms with Crippen LogP contribution in [0.3, 0.4) is 0 Å². The lowest BCUT2D eigenvalue weighted by Gasteiger charge is -2.00. The van der Waals surface area contributed by atoms with Crippen molar-refractivity contribution in [3.05, 3.63) is 48.5 Å². The van der Waals surface area contributed by atoms with Gasteiger partial charge < -0.3 is 10.2 Å². The Morgan fingerprint density at radius 2 is 2.04 bits per heavy atom. The zero-order valence-electron chi connectivity index (χ0n) is 11.9. The van der Waals surface area contributed by atoms with Crippen LogP contribution in [0.2, 0.25) is 0 Å². The largest absolute Gasteiger partial charge is 0.436 e. The van der Waals surface area contributed by atoms with Crippen molar-refractivity contribution in [2.75, 3.05) is 5.43 Å². The third kappa shape index (κ3) is 3.01. The van der Waals surface area contributed by atoms with Crippen LogP contribution in [-0.2, 0) is 0 Å². The van der Waals surface area contributed by atoms with Gasteiger partial charge in [-0.2, -0.15) is 10.4 Å². The van der Waals surface area contributed by atoms with Crippen molar-refractivity contribution in [3.63, 3.8) is 0 Å². The molecule has 0 amide bonds. The van der Waals surface area contributed by atoms with Gasteiger partial charge in [-0.15, -0.1) is 0 Å². The molecular weight excluding hydrogens is 292 g/mol. The highest BCUT2D eigenvalue weighted by molar-refractivity contribution is 6.45. The number of oxazole rings is 1. The molecule has 1 aromatic heterocycles. The van der Waals surface area contributed by atoms with Gasteiger partial charge in [-0.25, -0.2) is 4.98 Å². The summed E-state index contributed by atoms with van der Waals surface area (Å²) in [5.41, 5.74) is 10.5. The van der Waals surface area contributed by atoms with Crippen LogP contribution in [0.1, 0.15) is 0 Å². The van der Waals surface area contributed by atoms with Gasteiger partial charge in [0.1, 0.15) is 11.6 Å². The second kappa shape index (κ2) is 5.99. The molecule has 0 bridgehead atoms. The van der Waals surface area contributed by atoms with Gasteiger partial charge in [-0.1, -0.05) is 18.2 Å². The van der Waals surface area contributed by atoms with Crippen LogP contribution in [-0.4, -0.2) is 16.5 Å². The van der Waals surface area contributed by atoms with Crippen molar-refractivity contribution in [2.45, 2.75) is 0 Å². The zero-order valence-corrected chi connectivity index (χ0v) is 11.9. The molecule has 0 unspecified atom stereocenters. The molecule has 0 fully saturated rings. The van der Waals surface area contributed by atoms with E-state index in [9.17, 15) is 0 Å². The Morgan fingerprint density at radius 1 is 1.26 bits per heavy atom. The van der Waals surface area contributed by atoms with Gasteiger partial charge in [0.25, 0.3) is 0 Å². The van der Waals surface area contributed by atoms with E-state index in [0.29, 0.717) is 22.7 Å². The van der Waals surface area contributed by atoms with Crippen LogP contribution in [0, 0.1) is 16.7 Å². The summed E-state index contributed by atoms with van der Waals surface area (Å²) in [5.74, 6) is 0.134. The molecule has 3 rings (SSSR count). The molecule has 0 aliphatic heterocycles. The van der Waals surface area contributed by atoms with Crippen LogP contribution in [0.4, 0.5) is 5.69 Å². The standard InChI is InChI=1S/C16H12N6O/c17-9-13(15(18)19)22-21-11-6-7-12-14(8-11)23-16(20-12)10-4-2-1-3-5-10/h1-8,21H,(H3,18,19)/b22-13+. The average molecular weight is 304 g/mol. The summed E-state index contributed by atoms with van der Waals surface area (Å²) in [7, 11) is 0.